The molecule has 0 radical (unpaired) electrons. The maximum Gasteiger partial charge on any atom is 0.261 e. The molecule has 1 aromatic heterocycles. The first kappa shape index (κ1) is 29.8. The lowest BCUT2D eigenvalue weighted by Gasteiger charge is -2.27. The van der Waals surface area contributed by atoms with Gasteiger partial charge in [0.25, 0.3) is 15.2 Å². The fourth-order valence-electron chi connectivity index (χ4n) is 4.17. The van der Waals surface area contributed by atoms with Crippen molar-refractivity contribution >= 4 is 60.2 Å². The minimum Gasteiger partial charge on any atom is -0.497 e. The first-order valence-corrected chi connectivity index (χ1v) is 16.6. The van der Waals surface area contributed by atoms with E-state index in [1.165, 1.54) is 35.7 Å². The van der Waals surface area contributed by atoms with Crippen LogP contribution in [-0.2, 0) is 29.6 Å². The summed E-state index contributed by atoms with van der Waals surface area (Å²) in [5, 5.41) is 2.84. The SMILES string of the molecule is COc1ccc(NS(=O)(=O)c2ccc3oc(SCC(=O)Nc4ccc(C)cc4S(=O)(=O)N4CCOCC4)nc3c2)cc1. The van der Waals surface area contributed by atoms with E-state index in [-0.39, 0.29) is 39.5 Å². The number of thioether (sulfide) groups is 1. The van der Waals surface area contributed by atoms with Gasteiger partial charge in [-0.3, -0.25) is 9.52 Å². The molecule has 1 saturated heterocycles. The van der Waals surface area contributed by atoms with Gasteiger partial charge in [-0.25, -0.2) is 21.8 Å². The third kappa shape index (κ3) is 6.71. The van der Waals surface area contributed by atoms with Gasteiger partial charge in [-0.1, -0.05) is 17.8 Å². The number of aryl methyl sites for hydroxylation is 1. The second-order valence-electron chi connectivity index (χ2n) is 9.30. The van der Waals surface area contributed by atoms with Crippen molar-refractivity contribution in [1.29, 1.82) is 0 Å². The summed E-state index contributed by atoms with van der Waals surface area (Å²) in [5.41, 5.74) is 1.93. The topological polar surface area (TPSA) is 157 Å². The third-order valence-corrected chi connectivity index (χ3v) is 10.5. The molecular formula is C27H28N4O8S3. The van der Waals surface area contributed by atoms with Gasteiger partial charge in [0.2, 0.25) is 15.9 Å². The molecule has 2 heterocycles. The number of ether oxygens (including phenoxy) is 2. The Balaban J connectivity index is 1.26. The Hall–Kier alpha value is -3.63. The number of carbonyl (C=O) groups is 1. The number of methoxy groups -OCH3 is 1. The summed E-state index contributed by atoms with van der Waals surface area (Å²) in [4.78, 5) is 17.1. The van der Waals surface area contributed by atoms with Crippen LogP contribution in [0, 0.1) is 6.92 Å². The quantitative estimate of drug-likeness (QED) is 0.247. The molecule has 42 heavy (non-hydrogen) atoms. The van der Waals surface area contributed by atoms with Crippen LogP contribution < -0.4 is 14.8 Å². The number of hydrogen-bond acceptors (Lipinski definition) is 10. The van der Waals surface area contributed by atoms with Crippen molar-refractivity contribution in [3.8, 4) is 5.75 Å². The average Bonchev–Trinajstić information content (AvgIpc) is 3.40. The number of sulfonamides is 2. The lowest BCUT2D eigenvalue weighted by atomic mass is 10.2. The molecule has 222 valence electrons. The van der Waals surface area contributed by atoms with E-state index >= 15 is 0 Å². The highest BCUT2D eigenvalue weighted by molar-refractivity contribution is 7.99. The van der Waals surface area contributed by atoms with Gasteiger partial charge in [0, 0.05) is 18.8 Å². The van der Waals surface area contributed by atoms with Crippen molar-refractivity contribution in [2.24, 2.45) is 0 Å². The normalized spacial score (nSPS) is 14.5. The Morgan fingerprint density at radius 3 is 2.48 bits per heavy atom. The molecule has 4 aromatic rings. The molecule has 1 fully saturated rings. The number of nitrogens with zero attached hydrogens (tertiary/aromatic N) is 2. The minimum atomic E-state index is -3.91. The van der Waals surface area contributed by atoms with E-state index in [1.807, 2.05) is 0 Å². The molecule has 5 rings (SSSR count). The van der Waals surface area contributed by atoms with Crippen molar-refractivity contribution in [2.75, 3.05) is 49.2 Å². The van der Waals surface area contributed by atoms with E-state index in [2.05, 4.69) is 15.0 Å². The number of anilines is 2. The van der Waals surface area contributed by atoms with Gasteiger partial charge in [-0.2, -0.15) is 4.31 Å². The van der Waals surface area contributed by atoms with Crippen LogP contribution in [0.1, 0.15) is 5.56 Å². The lowest BCUT2D eigenvalue weighted by Crippen LogP contribution is -2.41. The van der Waals surface area contributed by atoms with Crippen LogP contribution in [-0.4, -0.2) is 71.2 Å². The second kappa shape index (κ2) is 12.3. The van der Waals surface area contributed by atoms with E-state index in [1.54, 1.807) is 43.3 Å². The molecule has 0 spiro atoms. The van der Waals surface area contributed by atoms with Gasteiger partial charge in [0.05, 0.1) is 36.7 Å². The summed E-state index contributed by atoms with van der Waals surface area (Å²) in [6, 6.07) is 15.5. The van der Waals surface area contributed by atoms with Crippen LogP contribution >= 0.6 is 11.8 Å². The highest BCUT2D eigenvalue weighted by atomic mass is 32.2. The van der Waals surface area contributed by atoms with Gasteiger partial charge >= 0.3 is 0 Å². The van der Waals surface area contributed by atoms with Crippen molar-refractivity contribution in [1.82, 2.24) is 9.29 Å². The van der Waals surface area contributed by atoms with Gasteiger partial charge in [0.1, 0.15) is 16.2 Å². The molecule has 2 N–H and O–H groups in total. The van der Waals surface area contributed by atoms with Crippen molar-refractivity contribution in [2.45, 2.75) is 21.9 Å². The van der Waals surface area contributed by atoms with Crippen molar-refractivity contribution < 1.29 is 35.5 Å². The molecule has 0 aliphatic carbocycles. The van der Waals surface area contributed by atoms with E-state index in [9.17, 15) is 21.6 Å². The van der Waals surface area contributed by atoms with E-state index < -0.39 is 26.0 Å². The fraction of sp³-hybridized carbons (Fsp3) is 0.259. The summed E-state index contributed by atoms with van der Waals surface area (Å²) in [5.74, 6) is 0.0107. The van der Waals surface area contributed by atoms with Gasteiger partial charge in [0.15, 0.2) is 5.58 Å². The first-order valence-electron chi connectivity index (χ1n) is 12.7. The predicted octanol–water partition coefficient (Wildman–Crippen LogP) is 3.70. The number of benzene rings is 3. The summed E-state index contributed by atoms with van der Waals surface area (Å²) >= 11 is 0.994. The van der Waals surface area contributed by atoms with Crippen LogP contribution in [0.2, 0.25) is 0 Å². The van der Waals surface area contributed by atoms with Crippen LogP contribution in [0.25, 0.3) is 11.1 Å². The highest BCUT2D eigenvalue weighted by Gasteiger charge is 2.29. The first-order chi connectivity index (χ1) is 20.0. The molecule has 1 aliphatic heterocycles. The number of morpholine rings is 1. The molecule has 0 atom stereocenters. The maximum atomic E-state index is 13.3. The Labute approximate surface area is 247 Å². The zero-order valence-electron chi connectivity index (χ0n) is 22.7. The molecule has 0 unspecified atom stereocenters. The summed E-state index contributed by atoms with van der Waals surface area (Å²) in [6.45, 7) is 2.86. The molecule has 1 amide bonds. The molecule has 0 saturated carbocycles. The summed E-state index contributed by atoms with van der Waals surface area (Å²) in [7, 11) is -6.23. The monoisotopic (exact) mass is 632 g/mol. The zero-order chi connectivity index (χ0) is 29.9. The van der Waals surface area contributed by atoms with E-state index in [0.717, 1.165) is 17.3 Å². The van der Waals surface area contributed by atoms with Crippen molar-refractivity contribution in [3.63, 3.8) is 0 Å². The number of oxazole rings is 1. The van der Waals surface area contributed by atoms with Crippen LogP contribution in [0.4, 0.5) is 11.4 Å². The average molecular weight is 633 g/mol. The van der Waals surface area contributed by atoms with Gasteiger partial charge < -0.3 is 19.2 Å². The van der Waals surface area contributed by atoms with E-state index in [0.29, 0.717) is 35.8 Å². The largest absolute Gasteiger partial charge is 0.497 e. The predicted molar refractivity (Wildman–Crippen MR) is 158 cm³/mol. The Kier molecular flexibility index (Phi) is 8.75. The van der Waals surface area contributed by atoms with Gasteiger partial charge in [-0.15, -0.1) is 0 Å². The number of hydrogen-bond donors (Lipinski definition) is 2. The summed E-state index contributed by atoms with van der Waals surface area (Å²) in [6.07, 6.45) is 0. The third-order valence-electron chi connectivity index (χ3n) is 6.32. The number of fused-ring (bicyclic) bond motifs is 1. The second-order valence-corrected chi connectivity index (χ2v) is 13.8. The fourth-order valence-corrected chi connectivity index (χ4v) is 7.53. The molecule has 15 heteroatoms. The molecular weight excluding hydrogens is 605 g/mol. The molecule has 0 bridgehead atoms. The molecule has 1 aliphatic rings. The number of nitrogens with one attached hydrogen (secondary N) is 2. The maximum absolute atomic E-state index is 13.3. The van der Waals surface area contributed by atoms with Crippen LogP contribution in [0.3, 0.4) is 0 Å². The Bertz CT molecular complexity index is 1820. The summed E-state index contributed by atoms with van der Waals surface area (Å²) < 4.78 is 72.3. The number of amides is 1. The Morgan fingerprint density at radius 1 is 1.02 bits per heavy atom. The lowest BCUT2D eigenvalue weighted by molar-refractivity contribution is -0.113. The molecule has 12 nitrogen and oxygen atoms in total. The van der Waals surface area contributed by atoms with Gasteiger partial charge in [-0.05, 0) is 67.1 Å². The number of rotatable bonds is 10. The number of carbonyl (C=O) groups excluding carboxylic acids is 1. The zero-order valence-corrected chi connectivity index (χ0v) is 25.1. The highest BCUT2D eigenvalue weighted by Crippen LogP contribution is 2.29. The standard InChI is InChI=1S/C27H28N4O8S3/c1-18-3-9-22(25(15-18)42(35,36)31-11-13-38-14-12-31)28-26(32)17-40-27-29-23-16-21(8-10-24(23)39-27)41(33,34)30-19-4-6-20(37-2)7-5-19/h3-10,15-16,30H,11-14,17H2,1-2H3,(H,28,32). The van der Waals surface area contributed by atoms with Crippen molar-refractivity contribution in [3.05, 3.63) is 66.2 Å². The minimum absolute atomic E-state index is 0.0122. The van der Waals surface area contributed by atoms with E-state index in [4.69, 9.17) is 13.9 Å². The van der Waals surface area contributed by atoms with Crippen LogP contribution in [0.5, 0.6) is 5.75 Å². The van der Waals surface area contributed by atoms with Crippen LogP contribution in [0.15, 0.2) is 80.1 Å². The molecule has 3 aromatic carbocycles. The Morgan fingerprint density at radius 2 is 1.76 bits per heavy atom. The number of aromatic nitrogens is 1. The smallest absolute Gasteiger partial charge is 0.261 e.